The normalized spacial score (nSPS) is 29.9. The van der Waals surface area contributed by atoms with E-state index in [1.54, 1.807) is 11.8 Å². The van der Waals surface area contributed by atoms with Gasteiger partial charge in [-0.1, -0.05) is 42.5 Å². The molecule has 0 saturated carbocycles. The third-order valence-corrected chi connectivity index (χ3v) is 9.53. The highest BCUT2D eigenvalue weighted by Gasteiger charge is 2.43. The van der Waals surface area contributed by atoms with Crippen LogP contribution in [0.3, 0.4) is 0 Å². The average Bonchev–Trinajstić information content (AvgIpc) is 3.49. The molecule has 10 heteroatoms. The van der Waals surface area contributed by atoms with Crippen molar-refractivity contribution in [2.75, 3.05) is 32.8 Å². The monoisotopic (exact) mass is 579 g/mol. The van der Waals surface area contributed by atoms with Gasteiger partial charge >= 0.3 is 0 Å². The molecule has 1 spiro atoms. The van der Waals surface area contributed by atoms with Crippen LogP contribution >= 0.6 is 0 Å². The Morgan fingerprint density at radius 1 is 1.07 bits per heavy atom. The quantitative estimate of drug-likeness (QED) is 0.464. The summed E-state index contributed by atoms with van der Waals surface area (Å²) in [6.45, 7) is 4.24. The van der Waals surface area contributed by atoms with Crippen LogP contribution in [0.15, 0.2) is 42.5 Å². The molecule has 1 unspecified atom stereocenters. The van der Waals surface area contributed by atoms with E-state index in [0.717, 1.165) is 12.0 Å². The van der Waals surface area contributed by atoms with Gasteiger partial charge in [-0.05, 0) is 57.4 Å². The molecular formula is C32H45N5O5. The second-order valence-corrected chi connectivity index (χ2v) is 12.4. The largest absolute Gasteiger partial charge is 0.381 e. The first kappa shape index (κ1) is 30.2. The van der Waals surface area contributed by atoms with Crippen molar-refractivity contribution in [3.8, 4) is 0 Å². The number of nitrogens with two attached hydrogens (primary N) is 1. The Morgan fingerprint density at radius 2 is 1.83 bits per heavy atom. The summed E-state index contributed by atoms with van der Waals surface area (Å²) >= 11 is 0. The van der Waals surface area contributed by atoms with Gasteiger partial charge in [0.1, 0.15) is 12.1 Å². The van der Waals surface area contributed by atoms with E-state index in [1.807, 2.05) is 35.2 Å². The molecule has 1 aromatic rings. The van der Waals surface area contributed by atoms with Crippen molar-refractivity contribution in [1.82, 2.24) is 20.4 Å². The van der Waals surface area contributed by atoms with Crippen LogP contribution in [0.1, 0.15) is 57.4 Å². The lowest BCUT2D eigenvalue weighted by Crippen LogP contribution is -2.60. The maximum atomic E-state index is 13.8. The predicted octanol–water partition coefficient (Wildman–Crippen LogP) is 1.53. The number of carbonyl (C=O) groups excluding carboxylic acids is 4. The standard InChI is InChI=1S/C32H45N5O5/c1-22(33)29(39)37-16-7-11-27(37)30(40)36-17-12-25-24(21-36)10-5-6-13-32(14-18-42-19-15-32)31(41)35-26(28(38)34-25)20-23-8-3-2-4-9-23/h2-6,8-9,22,24-27H,7,10-21,33H2,1H3,(H,34,38)(H,35,41)/b6-5+/t22?,24-,25+,26-,27+/m1/s1. The van der Waals surface area contributed by atoms with Gasteiger partial charge in [0.05, 0.1) is 11.5 Å². The fourth-order valence-corrected chi connectivity index (χ4v) is 6.94. The van der Waals surface area contributed by atoms with Crippen LogP contribution in [-0.4, -0.2) is 90.4 Å². The van der Waals surface area contributed by atoms with E-state index >= 15 is 0 Å². The minimum Gasteiger partial charge on any atom is -0.381 e. The summed E-state index contributed by atoms with van der Waals surface area (Å²) in [5.41, 5.74) is 6.23. The molecule has 4 heterocycles. The van der Waals surface area contributed by atoms with Crippen molar-refractivity contribution in [3.05, 3.63) is 48.0 Å². The van der Waals surface area contributed by atoms with Crippen LogP contribution in [0.2, 0.25) is 0 Å². The van der Waals surface area contributed by atoms with Crippen LogP contribution in [0.4, 0.5) is 0 Å². The van der Waals surface area contributed by atoms with Gasteiger partial charge < -0.3 is 30.9 Å². The molecule has 0 aromatic heterocycles. The number of nitrogens with one attached hydrogen (secondary N) is 2. The highest BCUT2D eigenvalue weighted by Crippen LogP contribution is 2.36. The van der Waals surface area contributed by atoms with E-state index < -0.39 is 23.5 Å². The lowest BCUT2D eigenvalue weighted by atomic mass is 9.75. The number of benzene rings is 1. The predicted molar refractivity (Wildman–Crippen MR) is 158 cm³/mol. The fraction of sp³-hybridized carbons (Fsp3) is 0.625. The summed E-state index contributed by atoms with van der Waals surface area (Å²) in [6, 6.07) is 7.78. The zero-order valence-electron chi connectivity index (χ0n) is 24.6. The number of allylic oxidation sites excluding steroid dienone is 2. The van der Waals surface area contributed by atoms with Crippen molar-refractivity contribution in [2.45, 2.75) is 82.5 Å². The lowest BCUT2D eigenvalue weighted by molar-refractivity contribution is -0.146. The molecular weight excluding hydrogens is 534 g/mol. The topological polar surface area (TPSA) is 134 Å². The summed E-state index contributed by atoms with van der Waals surface area (Å²) in [6.07, 6.45) is 9.11. The van der Waals surface area contributed by atoms with Crippen LogP contribution in [0, 0.1) is 11.3 Å². The molecule has 4 aliphatic heterocycles. The number of fused-ring (bicyclic) bond motifs is 1. The summed E-state index contributed by atoms with van der Waals surface area (Å²) in [5.74, 6) is -0.489. The van der Waals surface area contributed by atoms with Crippen LogP contribution in [0.25, 0.3) is 0 Å². The Hall–Kier alpha value is -3.24. The van der Waals surface area contributed by atoms with Gasteiger partial charge in [0.2, 0.25) is 23.6 Å². The SMILES string of the molecule is CC(N)C(=O)N1CCC[C@H]1C(=O)N1CC[C@@H]2NC(=O)[C@@H](Cc3ccccc3)NC(=O)C3(C/C=C/C[C@@H]2C1)CCOCC3. The first-order chi connectivity index (χ1) is 20.3. The number of rotatable bonds is 4. The lowest BCUT2D eigenvalue weighted by Gasteiger charge is -2.41. The van der Waals surface area contributed by atoms with Crippen LogP contribution < -0.4 is 16.4 Å². The first-order valence-electron chi connectivity index (χ1n) is 15.5. The van der Waals surface area contributed by atoms with Gasteiger partial charge in [-0.15, -0.1) is 0 Å². The molecule has 4 aliphatic rings. The van der Waals surface area contributed by atoms with Crippen molar-refractivity contribution >= 4 is 23.6 Å². The number of likely N-dealkylation sites (tertiary alicyclic amines) is 2. The molecule has 0 radical (unpaired) electrons. The van der Waals surface area contributed by atoms with Crippen LogP contribution in [0.5, 0.6) is 0 Å². The summed E-state index contributed by atoms with van der Waals surface area (Å²) in [7, 11) is 0. The van der Waals surface area contributed by atoms with Gasteiger partial charge in [0.15, 0.2) is 0 Å². The second-order valence-electron chi connectivity index (χ2n) is 12.4. The van der Waals surface area contributed by atoms with E-state index in [1.165, 1.54) is 0 Å². The van der Waals surface area contributed by atoms with Crippen molar-refractivity contribution < 1.29 is 23.9 Å². The van der Waals surface area contributed by atoms with Crippen molar-refractivity contribution in [2.24, 2.45) is 17.1 Å². The maximum Gasteiger partial charge on any atom is 0.245 e. The van der Waals surface area contributed by atoms with Gasteiger partial charge in [0, 0.05) is 51.2 Å². The number of amides is 4. The average molecular weight is 580 g/mol. The van der Waals surface area contributed by atoms with Gasteiger partial charge in [0.25, 0.3) is 0 Å². The Kier molecular flexibility index (Phi) is 9.63. The van der Waals surface area contributed by atoms with Crippen LogP contribution in [-0.2, 0) is 30.3 Å². The van der Waals surface area contributed by atoms with Gasteiger partial charge in [-0.2, -0.15) is 0 Å². The van der Waals surface area contributed by atoms with Crippen molar-refractivity contribution in [3.63, 3.8) is 0 Å². The molecule has 3 saturated heterocycles. The highest BCUT2D eigenvalue weighted by molar-refractivity contribution is 5.91. The number of piperidine rings is 1. The Balaban J connectivity index is 1.36. The number of ether oxygens (including phenoxy) is 1. The summed E-state index contributed by atoms with van der Waals surface area (Å²) < 4.78 is 5.59. The Labute approximate surface area is 248 Å². The zero-order chi connectivity index (χ0) is 29.7. The number of hydrogen-bond donors (Lipinski definition) is 3. The minimum absolute atomic E-state index is 0.0139. The minimum atomic E-state index is -0.709. The Bertz CT molecular complexity index is 1170. The smallest absolute Gasteiger partial charge is 0.245 e. The molecule has 1 aromatic carbocycles. The molecule has 5 atom stereocenters. The summed E-state index contributed by atoms with van der Waals surface area (Å²) in [5, 5.41) is 6.38. The zero-order valence-corrected chi connectivity index (χ0v) is 24.6. The molecule has 42 heavy (non-hydrogen) atoms. The number of carbonyl (C=O) groups is 4. The van der Waals surface area contributed by atoms with Gasteiger partial charge in [-0.3, -0.25) is 19.2 Å². The molecule has 5 rings (SSSR count). The van der Waals surface area contributed by atoms with Crippen molar-refractivity contribution in [1.29, 1.82) is 0 Å². The molecule has 10 nitrogen and oxygen atoms in total. The molecule has 0 bridgehead atoms. The number of hydrogen-bond acceptors (Lipinski definition) is 6. The van der Waals surface area contributed by atoms with Gasteiger partial charge in [-0.25, -0.2) is 0 Å². The summed E-state index contributed by atoms with van der Waals surface area (Å²) in [4.78, 5) is 57.4. The van der Waals surface area contributed by atoms with E-state index in [4.69, 9.17) is 10.5 Å². The highest BCUT2D eigenvalue weighted by atomic mass is 16.5. The molecule has 4 amide bonds. The second kappa shape index (κ2) is 13.4. The molecule has 3 fully saturated rings. The molecule has 228 valence electrons. The Morgan fingerprint density at radius 3 is 2.57 bits per heavy atom. The third-order valence-electron chi connectivity index (χ3n) is 9.53. The van der Waals surface area contributed by atoms with E-state index in [9.17, 15) is 19.2 Å². The molecule has 4 N–H and O–H groups in total. The van der Waals surface area contributed by atoms with E-state index in [-0.39, 0.29) is 35.6 Å². The third kappa shape index (κ3) is 6.70. The van der Waals surface area contributed by atoms with E-state index in [0.29, 0.717) is 77.8 Å². The first-order valence-corrected chi connectivity index (χ1v) is 15.5. The fourth-order valence-electron chi connectivity index (χ4n) is 6.94. The maximum absolute atomic E-state index is 13.8. The number of nitrogens with zero attached hydrogens (tertiary/aromatic N) is 2. The van der Waals surface area contributed by atoms with E-state index in [2.05, 4.69) is 22.8 Å². The molecule has 0 aliphatic carbocycles.